The van der Waals surface area contributed by atoms with Gasteiger partial charge in [0.1, 0.15) is 0 Å². The molecule has 2 heterocycles. The van der Waals surface area contributed by atoms with E-state index in [2.05, 4.69) is 5.10 Å². The number of rotatable bonds is 3. The summed E-state index contributed by atoms with van der Waals surface area (Å²) in [5.41, 5.74) is 1.31. The van der Waals surface area contributed by atoms with Gasteiger partial charge in [0, 0.05) is 19.3 Å². The Balaban J connectivity index is 1.71. The van der Waals surface area contributed by atoms with Crippen molar-refractivity contribution in [2.24, 2.45) is 5.92 Å². The number of piperidine rings is 1. The fourth-order valence-electron chi connectivity index (χ4n) is 2.97. The maximum absolute atomic E-state index is 12.6. The first kappa shape index (κ1) is 16.0. The van der Waals surface area contributed by atoms with E-state index in [9.17, 15) is 9.90 Å². The average Bonchev–Trinajstić information content (AvgIpc) is 3.04. The fourth-order valence-corrected chi connectivity index (χ4v) is 3.19. The molecule has 0 aliphatic carbocycles. The minimum Gasteiger partial charge on any atom is -0.393 e. The molecule has 1 saturated heterocycles. The second kappa shape index (κ2) is 6.72. The molecule has 1 aliphatic rings. The molecule has 1 amide bonds. The predicted molar refractivity (Wildman–Crippen MR) is 88.9 cm³/mol. The lowest BCUT2D eigenvalue weighted by Crippen LogP contribution is -2.40. The molecule has 0 spiro atoms. The largest absolute Gasteiger partial charge is 0.393 e. The zero-order valence-corrected chi connectivity index (χ0v) is 13.8. The van der Waals surface area contributed by atoms with Crippen molar-refractivity contribution in [2.75, 3.05) is 13.1 Å². The molecule has 1 aromatic carbocycles. The standard InChI is InChI=1S/C17H20ClN3O2/c1-12(22)13-6-8-20(9-7-13)17(23)14-10-19-21(11-14)16-5-3-2-4-15(16)18/h2-5,10-13,22H,6-9H2,1H3. The molecule has 1 unspecified atom stereocenters. The summed E-state index contributed by atoms with van der Waals surface area (Å²) in [4.78, 5) is 14.4. The maximum Gasteiger partial charge on any atom is 0.257 e. The summed E-state index contributed by atoms with van der Waals surface area (Å²) in [7, 11) is 0. The number of carbonyl (C=O) groups excluding carboxylic acids is 1. The van der Waals surface area contributed by atoms with E-state index in [-0.39, 0.29) is 17.9 Å². The van der Waals surface area contributed by atoms with Gasteiger partial charge in [0.2, 0.25) is 0 Å². The third-order valence-electron chi connectivity index (χ3n) is 4.44. The minimum absolute atomic E-state index is 0.0210. The van der Waals surface area contributed by atoms with Gasteiger partial charge in [-0.2, -0.15) is 5.10 Å². The van der Waals surface area contributed by atoms with Gasteiger partial charge in [0.05, 0.1) is 28.6 Å². The van der Waals surface area contributed by atoms with Crippen molar-refractivity contribution in [1.29, 1.82) is 0 Å². The molecule has 5 nitrogen and oxygen atoms in total. The molecule has 0 radical (unpaired) electrons. The molecule has 23 heavy (non-hydrogen) atoms. The van der Waals surface area contributed by atoms with Gasteiger partial charge in [0.15, 0.2) is 0 Å². The Morgan fingerprint density at radius 2 is 2.04 bits per heavy atom. The third-order valence-corrected chi connectivity index (χ3v) is 4.76. The number of aromatic nitrogens is 2. The molecular weight excluding hydrogens is 314 g/mol. The molecule has 0 bridgehead atoms. The van der Waals surface area contributed by atoms with E-state index in [1.165, 1.54) is 0 Å². The Bertz CT molecular complexity index is 691. The summed E-state index contributed by atoms with van der Waals surface area (Å²) in [6, 6.07) is 7.39. The molecule has 6 heteroatoms. The molecule has 1 atom stereocenters. The van der Waals surface area contributed by atoms with Crippen LogP contribution < -0.4 is 0 Å². The van der Waals surface area contributed by atoms with Crippen LogP contribution in [0.3, 0.4) is 0 Å². The van der Waals surface area contributed by atoms with Gasteiger partial charge < -0.3 is 10.0 Å². The van der Waals surface area contributed by atoms with E-state index >= 15 is 0 Å². The Kier molecular flexibility index (Phi) is 4.68. The normalized spacial score (nSPS) is 17.3. The Morgan fingerprint density at radius 1 is 1.35 bits per heavy atom. The molecule has 122 valence electrons. The summed E-state index contributed by atoms with van der Waals surface area (Å²) in [6.07, 6.45) is 4.65. The fraction of sp³-hybridized carbons (Fsp3) is 0.412. The quantitative estimate of drug-likeness (QED) is 0.939. The topological polar surface area (TPSA) is 58.4 Å². The lowest BCUT2D eigenvalue weighted by Gasteiger charge is -2.33. The summed E-state index contributed by atoms with van der Waals surface area (Å²) in [5, 5.41) is 14.5. The Hall–Kier alpha value is -1.85. The molecular formula is C17H20ClN3O2. The number of hydrogen-bond donors (Lipinski definition) is 1. The second-order valence-corrected chi connectivity index (χ2v) is 6.40. The number of aliphatic hydroxyl groups excluding tert-OH is 1. The van der Waals surface area contributed by atoms with Gasteiger partial charge in [-0.3, -0.25) is 4.79 Å². The average molecular weight is 334 g/mol. The smallest absolute Gasteiger partial charge is 0.257 e. The highest BCUT2D eigenvalue weighted by atomic mass is 35.5. The van der Waals surface area contributed by atoms with Gasteiger partial charge in [-0.15, -0.1) is 0 Å². The lowest BCUT2D eigenvalue weighted by molar-refractivity contribution is 0.0521. The lowest BCUT2D eigenvalue weighted by atomic mass is 9.92. The van der Waals surface area contributed by atoms with Gasteiger partial charge in [-0.1, -0.05) is 23.7 Å². The number of benzene rings is 1. The highest BCUT2D eigenvalue weighted by molar-refractivity contribution is 6.32. The van der Waals surface area contributed by atoms with Gasteiger partial charge in [-0.05, 0) is 37.8 Å². The van der Waals surface area contributed by atoms with E-state index in [0.717, 1.165) is 18.5 Å². The van der Waals surface area contributed by atoms with E-state index in [4.69, 9.17) is 11.6 Å². The number of hydrogen-bond acceptors (Lipinski definition) is 3. The van der Waals surface area contributed by atoms with Crippen molar-refractivity contribution >= 4 is 17.5 Å². The Labute approximate surface area is 140 Å². The molecule has 1 aromatic heterocycles. The third kappa shape index (κ3) is 3.41. The first-order chi connectivity index (χ1) is 11.1. The zero-order chi connectivity index (χ0) is 16.4. The zero-order valence-electron chi connectivity index (χ0n) is 13.0. The first-order valence-electron chi connectivity index (χ1n) is 7.83. The minimum atomic E-state index is -0.310. The van der Waals surface area contributed by atoms with E-state index < -0.39 is 0 Å². The van der Waals surface area contributed by atoms with Crippen molar-refractivity contribution in [3.05, 3.63) is 47.2 Å². The van der Waals surface area contributed by atoms with Crippen LogP contribution in [0, 0.1) is 5.92 Å². The summed E-state index contributed by atoms with van der Waals surface area (Å²) in [5.74, 6) is 0.261. The van der Waals surface area contributed by atoms with Crippen LogP contribution in [0.5, 0.6) is 0 Å². The van der Waals surface area contributed by atoms with Gasteiger partial charge in [0.25, 0.3) is 5.91 Å². The molecule has 1 aliphatic heterocycles. The van der Waals surface area contributed by atoms with Gasteiger partial charge >= 0.3 is 0 Å². The maximum atomic E-state index is 12.6. The Morgan fingerprint density at radius 3 is 2.70 bits per heavy atom. The van der Waals surface area contributed by atoms with Crippen molar-refractivity contribution in [1.82, 2.24) is 14.7 Å². The number of amides is 1. The summed E-state index contributed by atoms with van der Waals surface area (Å²) >= 11 is 6.16. The summed E-state index contributed by atoms with van der Waals surface area (Å²) in [6.45, 7) is 3.16. The highest BCUT2D eigenvalue weighted by Crippen LogP contribution is 2.23. The van der Waals surface area contributed by atoms with Crippen LogP contribution >= 0.6 is 11.6 Å². The van der Waals surface area contributed by atoms with E-state index in [1.807, 2.05) is 30.0 Å². The molecule has 1 N–H and O–H groups in total. The first-order valence-corrected chi connectivity index (χ1v) is 8.21. The van der Waals surface area contributed by atoms with Crippen LogP contribution in [0.1, 0.15) is 30.1 Å². The number of nitrogens with zero attached hydrogens (tertiary/aromatic N) is 3. The van der Waals surface area contributed by atoms with Crippen LogP contribution in [-0.2, 0) is 0 Å². The van der Waals surface area contributed by atoms with Crippen LogP contribution in [0.2, 0.25) is 5.02 Å². The molecule has 1 fully saturated rings. The van der Waals surface area contributed by atoms with Crippen LogP contribution in [-0.4, -0.2) is 44.9 Å². The van der Waals surface area contributed by atoms with Crippen LogP contribution in [0.4, 0.5) is 0 Å². The second-order valence-electron chi connectivity index (χ2n) is 6.00. The monoisotopic (exact) mass is 333 g/mol. The van der Waals surface area contributed by atoms with Crippen molar-refractivity contribution in [3.63, 3.8) is 0 Å². The number of halogens is 1. The number of likely N-dealkylation sites (tertiary alicyclic amines) is 1. The van der Waals surface area contributed by atoms with Gasteiger partial charge in [-0.25, -0.2) is 4.68 Å². The van der Waals surface area contributed by atoms with Crippen molar-refractivity contribution < 1.29 is 9.90 Å². The number of para-hydroxylation sites is 1. The molecule has 3 rings (SSSR count). The predicted octanol–water partition coefficient (Wildman–Crippen LogP) is 2.76. The number of aliphatic hydroxyl groups is 1. The van der Waals surface area contributed by atoms with Crippen LogP contribution in [0.25, 0.3) is 5.69 Å². The molecule has 2 aromatic rings. The van der Waals surface area contributed by atoms with Crippen LogP contribution in [0.15, 0.2) is 36.7 Å². The van der Waals surface area contributed by atoms with E-state index in [1.54, 1.807) is 23.1 Å². The number of carbonyl (C=O) groups is 1. The van der Waals surface area contributed by atoms with Crippen molar-refractivity contribution in [2.45, 2.75) is 25.9 Å². The molecule has 0 saturated carbocycles. The highest BCUT2D eigenvalue weighted by Gasteiger charge is 2.26. The van der Waals surface area contributed by atoms with E-state index in [0.29, 0.717) is 23.7 Å². The summed E-state index contributed by atoms with van der Waals surface area (Å²) < 4.78 is 1.62. The SMILES string of the molecule is CC(O)C1CCN(C(=O)c2cnn(-c3ccccc3Cl)c2)CC1. The van der Waals surface area contributed by atoms with Crippen molar-refractivity contribution in [3.8, 4) is 5.69 Å².